The van der Waals surface area contributed by atoms with Gasteiger partial charge in [-0.2, -0.15) is 13.2 Å². The molecule has 1 fully saturated rings. The molecule has 20 heavy (non-hydrogen) atoms. The van der Waals surface area contributed by atoms with Gasteiger partial charge in [0.2, 0.25) is 0 Å². The van der Waals surface area contributed by atoms with E-state index >= 15 is 0 Å². The van der Waals surface area contributed by atoms with Crippen molar-refractivity contribution < 1.29 is 17.6 Å². The number of benzene rings is 1. The third-order valence-corrected chi connectivity index (χ3v) is 3.96. The summed E-state index contributed by atoms with van der Waals surface area (Å²) in [6.45, 7) is 2.42. The number of alkyl halides is 3. The van der Waals surface area contributed by atoms with Gasteiger partial charge in [0.15, 0.2) is 0 Å². The fourth-order valence-electron chi connectivity index (χ4n) is 2.78. The van der Waals surface area contributed by atoms with E-state index in [-0.39, 0.29) is 6.54 Å². The average Bonchev–Trinajstić information content (AvgIpc) is 2.36. The van der Waals surface area contributed by atoms with Crippen molar-refractivity contribution in [2.75, 3.05) is 0 Å². The Bertz CT molecular complexity index is 456. The van der Waals surface area contributed by atoms with Crippen molar-refractivity contribution >= 4 is 0 Å². The third-order valence-electron chi connectivity index (χ3n) is 3.96. The van der Waals surface area contributed by atoms with Gasteiger partial charge in [-0.3, -0.25) is 0 Å². The van der Waals surface area contributed by atoms with Crippen molar-refractivity contribution in [1.82, 2.24) is 5.32 Å². The molecule has 0 bridgehead atoms. The van der Waals surface area contributed by atoms with Gasteiger partial charge in [-0.25, -0.2) is 4.39 Å². The maximum Gasteiger partial charge on any atom is 0.416 e. The Morgan fingerprint density at radius 1 is 1.15 bits per heavy atom. The minimum absolute atomic E-state index is 0.274. The lowest BCUT2D eigenvalue weighted by Gasteiger charge is -2.29. The Balaban J connectivity index is 2.04. The van der Waals surface area contributed by atoms with E-state index in [1.165, 1.54) is 6.42 Å². The molecular weight excluding hydrogens is 270 g/mol. The molecule has 0 saturated heterocycles. The van der Waals surface area contributed by atoms with E-state index in [0.29, 0.717) is 23.6 Å². The Morgan fingerprint density at radius 3 is 2.50 bits per heavy atom. The zero-order valence-corrected chi connectivity index (χ0v) is 11.4. The molecule has 1 aliphatic carbocycles. The zero-order chi connectivity index (χ0) is 14.8. The van der Waals surface area contributed by atoms with E-state index in [0.717, 1.165) is 31.4 Å². The lowest BCUT2D eigenvalue weighted by atomic mass is 9.86. The fourth-order valence-corrected chi connectivity index (χ4v) is 2.78. The van der Waals surface area contributed by atoms with Crippen LogP contribution in [0, 0.1) is 11.7 Å². The number of hydrogen-bond donors (Lipinski definition) is 1. The largest absolute Gasteiger partial charge is 0.416 e. The molecule has 0 aliphatic heterocycles. The van der Waals surface area contributed by atoms with Crippen LogP contribution in [0.5, 0.6) is 0 Å². The summed E-state index contributed by atoms with van der Waals surface area (Å²) in [6, 6.07) is 3.02. The van der Waals surface area contributed by atoms with Crippen molar-refractivity contribution in [3.8, 4) is 0 Å². The smallest absolute Gasteiger partial charge is 0.310 e. The van der Waals surface area contributed by atoms with Crippen LogP contribution in [-0.2, 0) is 12.7 Å². The summed E-state index contributed by atoms with van der Waals surface area (Å²) in [5, 5.41) is 3.26. The molecule has 1 aromatic carbocycles. The van der Waals surface area contributed by atoms with Gasteiger partial charge in [-0.05, 0) is 42.5 Å². The molecule has 2 rings (SSSR count). The number of hydrogen-bond acceptors (Lipinski definition) is 1. The van der Waals surface area contributed by atoms with Crippen LogP contribution in [0.15, 0.2) is 18.2 Å². The van der Waals surface area contributed by atoms with Crippen LogP contribution in [0.1, 0.15) is 43.7 Å². The average molecular weight is 289 g/mol. The predicted octanol–water partition coefficient (Wildman–Crippen LogP) is 4.51. The van der Waals surface area contributed by atoms with Crippen molar-refractivity contribution in [3.05, 3.63) is 35.1 Å². The Morgan fingerprint density at radius 2 is 1.85 bits per heavy atom. The summed E-state index contributed by atoms with van der Waals surface area (Å²) in [6.07, 6.45) is 0.00268. The molecule has 0 amide bonds. The SMILES string of the molecule is CC1CCCCC1NCc1cc(F)cc(C(F)(F)F)c1. The molecule has 2 unspecified atom stereocenters. The number of halogens is 4. The second-order valence-electron chi connectivity index (χ2n) is 5.60. The number of rotatable bonds is 3. The van der Waals surface area contributed by atoms with Gasteiger partial charge in [0.05, 0.1) is 5.56 Å². The van der Waals surface area contributed by atoms with E-state index in [4.69, 9.17) is 0 Å². The highest BCUT2D eigenvalue weighted by atomic mass is 19.4. The third kappa shape index (κ3) is 3.95. The minimum Gasteiger partial charge on any atom is -0.310 e. The summed E-state index contributed by atoms with van der Waals surface area (Å²) in [4.78, 5) is 0. The van der Waals surface area contributed by atoms with Crippen LogP contribution in [0.25, 0.3) is 0 Å². The van der Waals surface area contributed by atoms with Gasteiger partial charge in [0, 0.05) is 12.6 Å². The first kappa shape index (κ1) is 15.3. The highest BCUT2D eigenvalue weighted by Gasteiger charge is 2.31. The van der Waals surface area contributed by atoms with Gasteiger partial charge >= 0.3 is 6.18 Å². The van der Waals surface area contributed by atoms with Crippen molar-refractivity contribution in [2.24, 2.45) is 5.92 Å². The highest BCUT2D eigenvalue weighted by Crippen LogP contribution is 2.30. The second-order valence-corrected chi connectivity index (χ2v) is 5.60. The zero-order valence-electron chi connectivity index (χ0n) is 11.4. The predicted molar refractivity (Wildman–Crippen MR) is 69.7 cm³/mol. The second kappa shape index (κ2) is 6.12. The molecule has 0 heterocycles. The summed E-state index contributed by atoms with van der Waals surface area (Å²) in [5.74, 6) is -0.326. The summed E-state index contributed by atoms with van der Waals surface area (Å²) in [7, 11) is 0. The first-order valence-electron chi connectivity index (χ1n) is 6.96. The maximum atomic E-state index is 13.3. The van der Waals surface area contributed by atoms with Crippen molar-refractivity contribution in [2.45, 2.75) is 51.4 Å². The van der Waals surface area contributed by atoms with E-state index < -0.39 is 17.6 Å². The molecule has 2 atom stereocenters. The summed E-state index contributed by atoms with van der Waals surface area (Å²) >= 11 is 0. The lowest BCUT2D eigenvalue weighted by molar-refractivity contribution is -0.137. The van der Waals surface area contributed by atoms with Crippen LogP contribution >= 0.6 is 0 Å². The first-order valence-corrected chi connectivity index (χ1v) is 6.96. The molecule has 0 radical (unpaired) electrons. The quantitative estimate of drug-likeness (QED) is 0.807. The van der Waals surface area contributed by atoms with Crippen LogP contribution in [0.2, 0.25) is 0 Å². The van der Waals surface area contributed by atoms with Crippen LogP contribution in [0.4, 0.5) is 17.6 Å². The molecule has 1 aliphatic rings. The molecule has 1 nitrogen and oxygen atoms in total. The maximum absolute atomic E-state index is 13.3. The topological polar surface area (TPSA) is 12.0 Å². The Labute approximate surface area is 116 Å². The first-order chi connectivity index (χ1) is 9.36. The van der Waals surface area contributed by atoms with E-state index in [1.54, 1.807) is 0 Å². The molecular formula is C15H19F4N. The van der Waals surface area contributed by atoms with Crippen molar-refractivity contribution in [1.29, 1.82) is 0 Å². The molecule has 1 N–H and O–H groups in total. The van der Waals surface area contributed by atoms with Gasteiger partial charge in [-0.1, -0.05) is 19.8 Å². The van der Waals surface area contributed by atoms with E-state index in [9.17, 15) is 17.6 Å². The summed E-state index contributed by atoms with van der Waals surface area (Å²) < 4.78 is 51.1. The van der Waals surface area contributed by atoms with Crippen LogP contribution in [-0.4, -0.2) is 6.04 Å². The minimum atomic E-state index is -4.50. The van der Waals surface area contributed by atoms with E-state index in [2.05, 4.69) is 12.2 Å². The molecule has 1 saturated carbocycles. The number of nitrogens with one attached hydrogen (secondary N) is 1. The van der Waals surface area contributed by atoms with E-state index in [1.807, 2.05) is 0 Å². The standard InChI is InChI=1S/C15H19F4N/c1-10-4-2-3-5-14(10)20-9-11-6-12(15(17,18)19)8-13(16)7-11/h6-8,10,14,20H,2-5,9H2,1H3. The van der Waals surface area contributed by atoms with Gasteiger partial charge in [0.25, 0.3) is 0 Å². The Hall–Kier alpha value is -1.10. The summed E-state index contributed by atoms with van der Waals surface area (Å²) in [5.41, 5.74) is -0.582. The molecule has 112 valence electrons. The molecule has 5 heteroatoms. The molecule has 1 aromatic rings. The Kier molecular flexibility index (Phi) is 4.68. The van der Waals surface area contributed by atoms with Crippen molar-refractivity contribution in [3.63, 3.8) is 0 Å². The molecule has 0 spiro atoms. The monoisotopic (exact) mass is 289 g/mol. The normalized spacial score (nSPS) is 23.9. The van der Waals surface area contributed by atoms with Gasteiger partial charge < -0.3 is 5.32 Å². The van der Waals surface area contributed by atoms with Crippen LogP contribution < -0.4 is 5.32 Å². The van der Waals surface area contributed by atoms with Crippen LogP contribution in [0.3, 0.4) is 0 Å². The molecule has 0 aromatic heterocycles. The van der Waals surface area contributed by atoms with Gasteiger partial charge in [0.1, 0.15) is 5.82 Å². The van der Waals surface area contributed by atoms with Gasteiger partial charge in [-0.15, -0.1) is 0 Å². The lowest BCUT2D eigenvalue weighted by Crippen LogP contribution is -2.36. The fraction of sp³-hybridized carbons (Fsp3) is 0.600. The highest BCUT2D eigenvalue weighted by molar-refractivity contribution is 5.26.